The van der Waals surface area contributed by atoms with Crippen LogP contribution in [0.15, 0.2) is 30.3 Å². The second kappa shape index (κ2) is 5.87. The number of benzene rings is 1. The molecule has 2 unspecified atom stereocenters. The van der Waals surface area contributed by atoms with Crippen LogP contribution in [-0.2, 0) is 4.74 Å². The number of amides is 1. The average Bonchev–Trinajstić information content (AvgIpc) is 2.88. The zero-order valence-electron chi connectivity index (χ0n) is 10.6. The first kappa shape index (κ1) is 12.9. The van der Waals surface area contributed by atoms with Crippen molar-refractivity contribution in [3.8, 4) is 0 Å². The van der Waals surface area contributed by atoms with E-state index in [4.69, 9.17) is 4.74 Å². The maximum Gasteiger partial charge on any atom is 0.410 e. The molecule has 0 spiro atoms. The van der Waals surface area contributed by atoms with Crippen LogP contribution in [-0.4, -0.2) is 35.3 Å². The molecule has 1 aromatic carbocycles. The van der Waals surface area contributed by atoms with E-state index in [1.807, 2.05) is 30.3 Å². The lowest BCUT2D eigenvalue weighted by Gasteiger charge is -2.28. The van der Waals surface area contributed by atoms with Gasteiger partial charge >= 0.3 is 6.09 Å². The summed E-state index contributed by atoms with van der Waals surface area (Å²) in [6.07, 6.45) is 0.760. The van der Waals surface area contributed by atoms with Gasteiger partial charge in [0.15, 0.2) is 0 Å². The van der Waals surface area contributed by atoms with Crippen LogP contribution in [0.25, 0.3) is 0 Å². The highest BCUT2D eigenvalue weighted by Gasteiger charge is 2.35. The van der Waals surface area contributed by atoms with Crippen molar-refractivity contribution in [2.45, 2.75) is 31.9 Å². The van der Waals surface area contributed by atoms with Gasteiger partial charge in [0.05, 0.1) is 18.8 Å². The SMILES string of the molecule is CCOC(=O)N1CCCC1C(O)c1ccccc1. The zero-order chi connectivity index (χ0) is 13.0. The molecule has 1 aliphatic heterocycles. The van der Waals surface area contributed by atoms with Crippen LogP contribution in [0.3, 0.4) is 0 Å². The van der Waals surface area contributed by atoms with Crippen molar-refractivity contribution in [2.24, 2.45) is 0 Å². The second-order valence-electron chi connectivity index (χ2n) is 4.46. The summed E-state index contributed by atoms with van der Waals surface area (Å²) in [5.41, 5.74) is 0.846. The van der Waals surface area contributed by atoms with Crippen molar-refractivity contribution in [2.75, 3.05) is 13.2 Å². The minimum absolute atomic E-state index is 0.175. The lowest BCUT2D eigenvalue weighted by atomic mass is 10.0. The highest BCUT2D eigenvalue weighted by molar-refractivity contribution is 5.68. The number of ether oxygens (including phenoxy) is 1. The third-order valence-corrected chi connectivity index (χ3v) is 3.31. The maximum absolute atomic E-state index is 11.8. The zero-order valence-corrected chi connectivity index (χ0v) is 10.6. The van der Waals surface area contributed by atoms with E-state index in [1.54, 1.807) is 11.8 Å². The number of likely N-dealkylation sites (tertiary alicyclic amines) is 1. The third-order valence-electron chi connectivity index (χ3n) is 3.31. The van der Waals surface area contributed by atoms with Crippen LogP contribution < -0.4 is 0 Å². The number of aliphatic hydroxyl groups is 1. The lowest BCUT2D eigenvalue weighted by molar-refractivity contribution is 0.0529. The molecule has 0 aromatic heterocycles. The van der Waals surface area contributed by atoms with Crippen LogP contribution in [0.4, 0.5) is 4.79 Å². The highest BCUT2D eigenvalue weighted by Crippen LogP contribution is 2.29. The minimum atomic E-state index is -0.641. The summed E-state index contributed by atoms with van der Waals surface area (Å²) >= 11 is 0. The van der Waals surface area contributed by atoms with Crippen LogP contribution in [0.1, 0.15) is 31.4 Å². The van der Waals surface area contributed by atoms with E-state index in [2.05, 4.69) is 0 Å². The van der Waals surface area contributed by atoms with E-state index in [1.165, 1.54) is 0 Å². The molecule has 0 saturated carbocycles. The number of rotatable bonds is 3. The van der Waals surface area contributed by atoms with Crippen molar-refractivity contribution in [1.82, 2.24) is 4.90 Å². The van der Waals surface area contributed by atoms with Crippen molar-refractivity contribution < 1.29 is 14.6 Å². The van der Waals surface area contributed by atoms with E-state index < -0.39 is 6.10 Å². The summed E-state index contributed by atoms with van der Waals surface area (Å²) in [4.78, 5) is 13.4. The number of nitrogens with zero attached hydrogens (tertiary/aromatic N) is 1. The van der Waals surface area contributed by atoms with E-state index in [0.717, 1.165) is 18.4 Å². The fourth-order valence-corrected chi connectivity index (χ4v) is 2.43. The smallest absolute Gasteiger partial charge is 0.410 e. The van der Waals surface area contributed by atoms with Crippen molar-refractivity contribution in [3.05, 3.63) is 35.9 Å². The van der Waals surface area contributed by atoms with Crippen LogP contribution in [0.5, 0.6) is 0 Å². The molecule has 98 valence electrons. The molecule has 1 fully saturated rings. The average molecular weight is 249 g/mol. The summed E-state index contributed by atoms with van der Waals surface area (Å²) in [7, 11) is 0. The largest absolute Gasteiger partial charge is 0.450 e. The molecular formula is C14H19NO3. The molecule has 1 heterocycles. The molecule has 1 N–H and O–H groups in total. The van der Waals surface area contributed by atoms with Crippen LogP contribution in [0, 0.1) is 0 Å². The summed E-state index contributed by atoms with van der Waals surface area (Å²) in [5.74, 6) is 0. The molecule has 2 atom stereocenters. The van der Waals surface area contributed by atoms with E-state index in [-0.39, 0.29) is 12.1 Å². The summed E-state index contributed by atoms with van der Waals surface area (Å²) < 4.78 is 5.02. The fraction of sp³-hybridized carbons (Fsp3) is 0.500. The van der Waals surface area contributed by atoms with Crippen molar-refractivity contribution >= 4 is 6.09 Å². The molecule has 1 amide bonds. The standard InChI is InChI=1S/C14H19NO3/c1-2-18-14(17)15-10-6-9-12(15)13(16)11-7-4-3-5-8-11/h3-5,7-8,12-13,16H,2,6,9-10H2,1H3. The normalized spacial score (nSPS) is 20.8. The van der Waals surface area contributed by atoms with Gasteiger partial charge < -0.3 is 14.7 Å². The molecule has 4 heteroatoms. The van der Waals surface area contributed by atoms with Gasteiger partial charge in [-0.1, -0.05) is 30.3 Å². The molecule has 0 radical (unpaired) electrons. The predicted molar refractivity (Wildman–Crippen MR) is 68.2 cm³/mol. The number of carbonyl (C=O) groups is 1. The maximum atomic E-state index is 11.8. The van der Waals surface area contributed by atoms with Crippen LogP contribution in [0.2, 0.25) is 0 Å². The molecular weight excluding hydrogens is 230 g/mol. The second-order valence-corrected chi connectivity index (χ2v) is 4.46. The summed E-state index contributed by atoms with van der Waals surface area (Å²) in [6, 6.07) is 9.28. The molecule has 2 rings (SSSR count). The molecule has 4 nitrogen and oxygen atoms in total. The topological polar surface area (TPSA) is 49.8 Å². The Kier molecular flexibility index (Phi) is 4.20. The molecule has 1 saturated heterocycles. The Morgan fingerprint density at radius 1 is 1.50 bits per heavy atom. The highest BCUT2D eigenvalue weighted by atomic mass is 16.6. The van der Waals surface area contributed by atoms with Crippen molar-refractivity contribution in [3.63, 3.8) is 0 Å². The van der Waals surface area contributed by atoms with Gasteiger partial charge in [-0.15, -0.1) is 0 Å². The van der Waals surface area contributed by atoms with Crippen molar-refractivity contribution in [1.29, 1.82) is 0 Å². The quantitative estimate of drug-likeness (QED) is 0.894. The lowest BCUT2D eigenvalue weighted by Crippen LogP contribution is -2.39. The third kappa shape index (κ3) is 2.64. The Morgan fingerprint density at radius 3 is 2.89 bits per heavy atom. The Bertz CT molecular complexity index is 393. The number of carbonyl (C=O) groups excluding carboxylic acids is 1. The van der Waals surface area contributed by atoms with Gasteiger partial charge in [-0.3, -0.25) is 0 Å². The van der Waals surface area contributed by atoms with Gasteiger partial charge in [0.2, 0.25) is 0 Å². The van der Waals surface area contributed by atoms with Gasteiger partial charge in [0.25, 0.3) is 0 Å². The van der Waals surface area contributed by atoms with Gasteiger partial charge in [-0.25, -0.2) is 4.79 Å². The Morgan fingerprint density at radius 2 is 2.22 bits per heavy atom. The summed E-state index contributed by atoms with van der Waals surface area (Å²) in [5, 5.41) is 10.4. The molecule has 18 heavy (non-hydrogen) atoms. The van der Waals surface area contributed by atoms with E-state index in [0.29, 0.717) is 13.2 Å². The first-order valence-corrected chi connectivity index (χ1v) is 6.40. The first-order chi connectivity index (χ1) is 8.74. The molecule has 1 aromatic rings. The van der Waals surface area contributed by atoms with Gasteiger partial charge in [-0.05, 0) is 25.3 Å². The van der Waals surface area contributed by atoms with E-state index >= 15 is 0 Å². The molecule has 0 aliphatic carbocycles. The number of aliphatic hydroxyl groups excluding tert-OH is 1. The fourth-order valence-electron chi connectivity index (χ4n) is 2.43. The number of hydrogen-bond donors (Lipinski definition) is 1. The Hall–Kier alpha value is -1.55. The monoisotopic (exact) mass is 249 g/mol. The summed E-state index contributed by atoms with van der Waals surface area (Å²) in [6.45, 7) is 2.81. The predicted octanol–water partition coefficient (Wildman–Crippen LogP) is 2.34. The van der Waals surface area contributed by atoms with E-state index in [9.17, 15) is 9.90 Å². The van der Waals surface area contributed by atoms with Crippen LogP contribution >= 0.6 is 0 Å². The number of hydrogen-bond acceptors (Lipinski definition) is 3. The first-order valence-electron chi connectivity index (χ1n) is 6.40. The Balaban J connectivity index is 2.09. The van der Waals surface area contributed by atoms with Gasteiger partial charge in [0, 0.05) is 6.54 Å². The van der Waals surface area contributed by atoms with Gasteiger partial charge in [0.1, 0.15) is 0 Å². The molecule has 1 aliphatic rings. The Labute approximate surface area is 107 Å². The van der Waals surface area contributed by atoms with Gasteiger partial charge in [-0.2, -0.15) is 0 Å². The minimum Gasteiger partial charge on any atom is -0.450 e. The molecule has 0 bridgehead atoms.